The molecule has 0 aromatic heterocycles. The van der Waals surface area contributed by atoms with Crippen LogP contribution in [0.4, 0.5) is 21.5 Å². The number of anilines is 3. The molecule has 0 saturated heterocycles. The van der Waals surface area contributed by atoms with E-state index in [4.69, 9.17) is 15.7 Å². The van der Waals surface area contributed by atoms with Gasteiger partial charge < -0.3 is 15.8 Å². The van der Waals surface area contributed by atoms with E-state index in [1.807, 2.05) is 19.9 Å². The number of benzene rings is 2. The highest BCUT2D eigenvalue weighted by molar-refractivity contribution is 5.67. The maximum Gasteiger partial charge on any atom is 0.144 e. The predicted octanol–water partition coefficient (Wildman–Crippen LogP) is 3.81. The van der Waals surface area contributed by atoms with Crippen LogP contribution in [-0.4, -0.2) is 6.10 Å². The Balaban J connectivity index is 2.26. The van der Waals surface area contributed by atoms with E-state index in [-0.39, 0.29) is 11.7 Å². The molecule has 0 saturated carbocycles. The van der Waals surface area contributed by atoms with Crippen LogP contribution in [0.25, 0.3) is 0 Å². The molecule has 0 spiro atoms. The number of nitrogens with zero attached hydrogens (tertiary/aromatic N) is 1. The molecular formula is C16H16FN3O. The Hall–Kier alpha value is -2.74. The van der Waals surface area contributed by atoms with E-state index in [2.05, 4.69) is 5.32 Å². The molecule has 2 rings (SSSR count). The highest BCUT2D eigenvalue weighted by Crippen LogP contribution is 2.28. The molecule has 2 aromatic rings. The Bertz CT molecular complexity index is 692. The van der Waals surface area contributed by atoms with Crippen molar-refractivity contribution in [2.45, 2.75) is 20.0 Å². The van der Waals surface area contributed by atoms with Gasteiger partial charge in [-0.3, -0.25) is 0 Å². The van der Waals surface area contributed by atoms with Crippen molar-refractivity contribution in [2.24, 2.45) is 0 Å². The molecule has 0 aliphatic heterocycles. The molecule has 0 heterocycles. The summed E-state index contributed by atoms with van der Waals surface area (Å²) in [4.78, 5) is 0. The number of halogens is 1. The highest BCUT2D eigenvalue weighted by atomic mass is 19.1. The van der Waals surface area contributed by atoms with E-state index in [0.29, 0.717) is 17.1 Å². The summed E-state index contributed by atoms with van der Waals surface area (Å²) in [7, 11) is 0. The molecule has 4 nitrogen and oxygen atoms in total. The standard InChI is InChI=1S/C16H16FN3O/c1-10(2)21-16-8-13(4-6-15(16)19)20-12-3-5-14(17)11(7-12)9-18/h3-8,10,20H,19H2,1-2H3. The average molecular weight is 285 g/mol. The van der Waals surface area contributed by atoms with Gasteiger partial charge in [-0.15, -0.1) is 0 Å². The normalized spacial score (nSPS) is 10.2. The largest absolute Gasteiger partial charge is 0.489 e. The molecule has 0 aliphatic rings. The molecular weight excluding hydrogens is 269 g/mol. The van der Waals surface area contributed by atoms with Gasteiger partial charge in [-0.1, -0.05) is 0 Å². The average Bonchev–Trinajstić information content (AvgIpc) is 2.44. The van der Waals surface area contributed by atoms with Crippen LogP contribution in [-0.2, 0) is 0 Å². The van der Waals surface area contributed by atoms with Crippen molar-refractivity contribution >= 4 is 17.1 Å². The van der Waals surface area contributed by atoms with Crippen LogP contribution in [0.15, 0.2) is 36.4 Å². The summed E-state index contributed by atoms with van der Waals surface area (Å²) < 4.78 is 18.9. The summed E-state index contributed by atoms with van der Waals surface area (Å²) in [5.74, 6) is 0.0433. The van der Waals surface area contributed by atoms with Crippen molar-refractivity contribution < 1.29 is 9.13 Å². The first kappa shape index (κ1) is 14.7. The van der Waals surface area contributed by atoms with Crippen molar-refractivity contribution in [3.05, 3.63) is 47.8 Å². The first-order valence-electron chi connectivity index (χ1n) is 6.52. The van der Waals surface area contributed by atoms with Crippen LogP contribution < -0.4 is 15.8 Å². The maximum absolute atomic E-state index is 13.3. The van der Waals surface area contributed by atoms with Crippen molar-refractivity contribution in [3.63, 3.8) is 0 Å². The molecule has 0 unspecified atom stereocenters. The molecule has 108 valence electrons. The third kappa shape index (κ3) is 3.63. The van der Waals surface area contributed by atoms with E-state index in [1.54, 1.807) is 24.3 Å². The Labute approximate surface area is 123 Å². The molecule has 0 aliphatic carbocycles. The van der Waals surface area contributed by atoms with Gasteiger partial charge in [-0.2, -0.15) is 5.26 Å². The lowest BCUT2D eigenvalue weighted by atomic mass is 10.2. The summed E-state index contributed by atoms with van der Waals surface area (Å²) in [6.45, 7) is 3.83. The fourth-order valence-corrected chi connectivity index (χ4v) is 1.82. The molecule has 0 amide bonds. The van der Waals surface area contributed by atoms with Gasteiger partial charge in [-0.05, 0) is 44.2 Å². The second kappa shape index (κ2) is 6.14. The van der Waals surface area contributed by atoms with Crippen LogP contribution in [0.3, 0.4) is 0 Å². The SMILES string of the molecule is CC(C)Oc1cc(Nc2ccc(F)c(C#N)c2)ccc1N. The van der Waals surface area contributed by atoms with Gasteiger partial charge in [0, 0.05) is 17.4 Å². The van der Waals surface area contributed by atoms with Crippen LogP contribution in [0.1, 0.15) is 19.4 Å². The van der Waals surface area contributed by atoms with Crippen LogP contribution in [0.5, 0.6) is 5.75 Å². The predicted molar refractivity (Wildman–Crippen MR) is 81.0 cm³/mol. The van der Waals surface area contributed by atoms with Crippen molar-refractivity contribution in [2.75, 3.05) is 11.1 Å². The number of hydrogen-bond acceptors (Lipinski definition) is 4. The second-order valence-electron chi connectivity index (χ2n) is 4.85. The quantitative estimate of drug-likeness (QED) is 0.838. The number of ether oxygens (including phenoxy) is 1. The molecule has 2 aromatic carbocycles. The maximum atomic E-state index is 13.3. The minimum atomic E-state index is -0.538. The molecule has 21 heavy (non-hydrogen) atoms. The second-order valence-corrected chi connectivity index (χ2v) is 4.85. The molecule has 0 atom stereocenters. The Kier molecular flexibility index (Phi) is 4.29. The molecule has 0 bridgehead atoms. The fourth-order valence-electron chi connectivity index (χ4n) is 1.82. The third-order valence-electron chi connectivity index (χ3n) is 2.75. The summed E-state index contributed by atoms with van der Waals surface area (Å²) >= 11 is 0. The zero-order chi connectivity index (χ0) is 15.4. The van der Waals surface area contributed by atoms with Crippen molar-refractivity contribution in [1.29, 1.82) is 5.26 Å². The molecule has 5 heteroatoms. The lowest BCUT2D eigenvalue weighted by Crippen LogP contribution is -2.07. The van der Waals surface area contributed by atoms with Gasteiger partial charge >= 0.3 is 0 Å². The summed E-state index contributed by atoms with van der Waals surface area (Å²) in [5.41, 5.74) is 7.76. The number of hydrogen-bond donors (Lipinski definition) is 2. The lowest BCUT2D eigenvalue weighted by Gasteiger charge is -2.14. The molecule has 0 radical (unpaired) electrons. The van der Waals surface area contributed by atoms with Crippen LogP contribution >= 0.6 is 0 Å². The minimum Gasteiger partial charge on any atom is -0.489 e. The number of nitrogens with one attached hydrogen (secondary N) is 1. The zero-order valence-corrected chi connectivity index (χ0v) is 11.9. The molecule has 0 fully saturated rings. The Morgan fingerprint density at radius 2 is 1.86 bits per heavy atom. The van der Waals surface area contributed by atoms with E-state index in [0.717, 1.165) is 5.69 Å². The first-order valence-corrected chi connectivity index (χ1v) is 6.52. The Morgan fingerprint density at radius 3 is 2.52 bits per heavy atom. The number of rotatable bonds is 4. The first-order chi connectivity index (χ1) is 9.99. The minimum absolute atomic E-state index is 0.00546. The number of nitriles is 1. The van der Waals surface area contributed by atoms with E-state index in [1.165, 1.54) is 12.1 Å². The zero-order valence-electron chi connectivity index (χ0n) is 11.9. The fraction of sp³-hybridized carbons (Fsp3) is 0.188. The van der Waals surface area contributed by atoms with Gasteiger partial charge in [0.2, 0.25) is 0 Å². The summed E-state index contributed by atoms with van der Waals surface area (Å²) in [6.07, 6.45) is 0.0126. The van der Waals surface area contributed by atoms with E-state index >= 15 is 0 Å². The monoisotopic (exact) mass is 285 g/mol. The van der Waals surface area contributed by atoms with Crippen LogP contribution in [0.2, 0.25) is 0 Å². The number of nitrogen functional groups attached to an aromatic ring is 1. The molecule has 3 N–H and O–H groups in total. The van der Waals surface area contributed by atoms with Gasteiger partial charge in [-0.25, -0.2) is 4.39 Å². The third-order valence-corrected chi connectivity index (χ3v) is 2.75. The van der Waals surface area contributed by atoms with Gasteiger partial charge in [0.05, 0.1) is 17.4 Å². The van der Waals surface area contributed by atoms with E-state index in [9.17, 15) is 4.39 Å². The van der Waals surface area contributed by atoms with Crippen LogP contribution in [0, 0.1) is 17.1 Å². The number of nitrogens with two attached hydrogens (primary N) is 1. The van der Waals surface area contributed by atoms with Gasteiger partial charge in [0.1, 0.15) is 17.6 Å². The Morgan fingerprint density at radius 1 is 1.19 bits per heavy atom. The topological polar surface area (TPSA) is 71.1 Å². The lowest BCUT2D eigenvalue weighted by molar-refractivity contribution is 0.244. The van der Waals surface area contributed by atoms with Gasteiger partial charge in [0.15, 0.2) is 0 Å². The van der Waals surface area contributed by atoms with E-state index < -0.39 is 5.82 Å². The smallest absolute Gasteiger partial charge is 0.144 e. The summed E-state index contributed by atoms with van der Waals surface area (Å²) in [5, 5.41) is 11.9. The summed E-state index contributed by atoms with van der Waals surface area (Å²) in [6, 6.07) is 11.4. The van der Waals surface area contributed by atoms with Crippen molar-refractivity contribution in [3.8, 4) is 11.8 Å². The highest BCUT2D eigenvalue weighted by Gasteiger charge is 2.06. The van der Waals surface area contributed by atoms with Crippen molar-refractivity contribution in [1.82, 2.24) is 0 Å². The van der Waals surface area contributed by atoms with Gasteiger partial charge in [0.25, 0.3) is 0 Å².